The second-order valence-corrected chi connectivity index (χ2v) is 4.50. The largest absolute Gasteiger partial charge is 0.379 e. The highest BCUT2D eigenvalue weighted by Gasteiger charge is 2.13. The second-order valence-electron chi connectivity index (χ2n) is 4.50. The van der Waals surface area contributed by atoms with Crippen LogP contribution in [0.3, 0.4) is 0 Å². The average molecular weight is 251 g/mol. The van der Waals surface area contributed by atoms with Gasteiger partial charge in [0.2, 0.25) is 0 Å². The fourth-order valence-electron chi connectivity index (χ4n) is 2.04. The Morgan fingerprint density at radius 1 is 1.33 bits per heavy atom. The van der Waals surface area contributed by atoms with Gasteiger partial charge in [-0.25, -0.2) is 9.97 Å². The summed E-state index contributed by atoms with van der Waals surface area (Å²) in [6.45, 7) is 6.86. The maximum absolute atomic E-state index is 5.34. The zero-order valence-electron chi connectivity index (χ0n) is 11.0. The summed E-state index contributed by atoms with van der Waals surface area (Å²) >= 11 is 0. The van der Waals surface area contributed by atoms with Crippen LogP contribution in [0.1, 0.15) is 6.92 Å². The van der Waals surface area contributed by atoms with Gasteiger partial charge in [-0.1, -0.05) is 0 Å². The zero-order chi connectivity index (χ0) is 12.8. The van der Waals surface area contributed by atoms with Gasteiger partial charge in [-0.3, -0.25) is 4.90 Å². The van der Waals surface area contributed by atoms with Crippen molar-refractivity contribution < 1.29 is 4.74 Å². The summed E-state index contributed by atoms with van der Waals surface area (Å²) < 4.78 is 5.34. The highest BCUT2D eigenvalue weighted by Crippen LogP contribution is 2.09. The van der Waals surface area contributed by atoms with E-state index in [-0.39, 0.29) is 0 Å². The third-order valence-electron chi connectivity index (χ3n) is 2.95. The Balaban J connectivity index is 1.83. The van der Waals surface area contributed by atoms with Gasteiger partial charge in [0, 0.05) is 38.8 Å². The highest BCUT2D eigenvalue weighted by molar-refractivity contribution is 5.46. The average Bonchev–Trinajstić information content (AvgIpc) is 2.40. The number of nitrogens with one attached hydrogen (secondary N) is 2. The molecule has 0 aliphatic carbocycles. The normalized spacial score (nSPS) is 18.3. The summed E-state index contributed by atoms with van der Waals surface area (Å²) in [5, 5.41) is 6.39. The number of nitrogens with zero attached hydrogens (tertiary/aromatic N) is 3. The fourth-order valence-corrected chi connectivity index (χ4v) is 2.04. The van der Waals surface area contributed by atoms with Gasteiger partial charge in [-0.15, -0.1) is 0 Å². The van der Waals surface area contributed by atoms with Gasteiger partial charge in [0.05, 0.1) is 13.2 Å². The van der Waals surface area contributed by atoms with E-state index in [1.54, 1.807) is 6.33 Å². The summed E-state index contributed by atoms with van der Waals surface area (Å²) in [7, 11) is 1.85. The molecule has 0 spiro atoms. The molecular weight excluding hydrogens is 230 g/mol. The topological polar surface area (TPSA) is 62.3 Å². The van der Waals surface area contributed by atoms with Gasteiger partial charge in [-0.05, 0) is 6.92 Å². The van der Waals surface area contributed by atoms with Crippen LogP contribution in [0.4, 0.5) is 11.6 Å². The van der Waals surface area contributed by atoms with Crippen LogP contribution in [0.25, 0.3) is 0 Å². The molecule has 1 aromatic heterocycles. The lowest BCUT2D eigenvalue weighted by atomic mass is 10.3. The predicted octanol–water partition coefficient (Wildman–Crippen LogP) is 0.651. The van der Waals surface area contributed by atoms with Crippen molar-refractivity contribution in [1.82, 2.24) is 14.9 Å². The molecule has 1 fully saturated rings. The van der Waals surface area contributed by atoms with E-state index in [1.165, 1.54) is 0 Å². The van der Waals surface area contributed by atoms with Crippen LogP contribution in [-0.4, -0.2) is 60.8 Å². The Hall–Kier alpha value is -1.40. The quantitative estimate of drug-likeness (QED) is 0.801. The van der Waals surface area contributed by atoms with Gasteiger partial charge in [0.15, 0.2) is 0 Å². The summed E-state index contributed by atoms with van der Waals surface area (Å²) in [4.78, 5) is 10.7. The molecular formula is C12H21N5O. The first-order chi connectivity index (χ1) is 8.78. The summed E-state index contributed by atoms with van der Waals surface area (Å²) in [6.07, 6.45) is 1.57. The lowest BCUT2D eigenvalue weighted by molar-refractivity contribution is 0.0368. The molecule has 0 bridgehead atoms. The molecule has 0 saturated carbocycles. The van der Waals surface area contributed by atoms with Crippen LogP contribution in [0.2, 0.25) is 0 Å². The van der Waals surface area contributed by atoms with Crippen LogP contribution < -0.4 is 10.6 Å². The molecule has 18 heavy (non-hydrogen) atoms. The van der Waals surface area contributed by atoms with Crippen molar-refractivity contribution in [3.8, 4) is 0 Å². The van der Waals surface area contributed by atoms with Crippen molar-refractivity contribution in [2.75, 3.05) is 50.5 Å². The van der Waals surface area contributed by atoms with Gasteiger partial charge >= 0.3 is 0 Å². The Kier molecular flexibility index (Phi) is 4.72. The van der Waals surface area contributed by atoms with E-state index in [1.807, 2.05) is 13.1 Å². The summed E-state index contributed by atoms with van der Waals surface area (Å²) in [5.41, 5.74) is 0. The van der Waals surface area contributed by atoms with Crippen LogP contribution in [-0.2, 0) is 4.74 Å². The van der Waals surface area contributed by atoms with Crippen molar-refractivity contribution in [3.63, 3.8) is 0 Å². The van der Waals surface area contributed by atoms with Crippen molar-refractivity contribution in [3.05, 3.63) is 12.4 Å². The van der Waals surface area contributed by atoms with Crippen LogP contribution >= 0.6 is 0 Å². The zero-order valence-corrected chi connectivity index (χ0v) is 11.0. The molecule has 1 atom stereocenters. The molecule has 2 N–H and O–H groups in total. The van der Waals surface area contributed by atoms with Gasteiger partial charge < -0.3 is 15.4 Å². The Morgan fingerprint density at radius 2 is 2.06 bits per heavy atom. The van der Waals surface area contributed by atoms with E-state index in [0.717, 1.165) is 44.5 Å². The number of ether oxygens (including phenoxy) is 1. The first kappa shape index (κ1) is 13.0. The van der Waals surface area contributed by atoms with E-state index >= 15 is 0 Å². The molecule has 1 saturated heterocycles. The molecule has 2 heterocycles. The number of morpholine rings is 1. The molecule has 100 valence electrons. The van der Waals surface area contributed by atoms with E-state index in [0.29, 0.717) is 6.04 Å². The van der Waals surface area contributed by atoms with Crippen molar-refractivity contribution in [2.24, 2.45) is 0 Å². The first-order valence-electron chi connectivity index (χ1n) is 6.34. The van der Waals surface area contributed by atoms with Gasteiger partial charge in [0.1, 0.15) is 18.0 Å². The second kappa shape index (κ2) is 6.51. The minimum absolute atomic E-state index is 0.350. The van der Waals surface area contributed by atoms with Gasteiger partial charge in [-0.2, -0.15) is 0 Å². The van der Waals surface area contributed by atoms with Crippen LogP contribution in [0, 0.1) is 0 Å². The maximum atomic E-state index is 5.34. The van der Waals surface area contributed by atoms with Crippen molar-refractivity contribution >= 4 is 11.6 Å². The lowest BCUT2D eigenvalue weighted by Gasteiger charge is -2.29. The monoisotopic (exact) mass is 251 g/mol. The van der Waals surface area contributed by atoms with Crippen LogP contribution in [0.5, 0.6) is 0 Å². The molecule has 1 aromatic rings. The van der Waals surface area contributed by atoms with E-state index in [9.17, 15) is 0 Å². The molecule has 0 amide bonds. The smallest absolute Gasteiger partial charge is 0.131 e. The Labute approximate surface area is 108 Å². The summed E-state index contributed by atoms with van der Waals surface area (Å²) in [6, 6.07) is 2.26. The Morgan fingerprint density at radius 3 is 2.78 bits per heavy atom. The number of aromatic nitrogens is 2. The molecule has 1 unspecified atom stereocenters. The number of hydrogen-bond donors (Lipinski definition) is 2. The Bertz CT molecular complexity index is 367. The van der Waals surface area contributed by atoms with Crippen LogP contribution in [0.15, 0.2) is 12.4 Å². The van der Waals surface area contributed by atoms with Gasteiger partial charge in [0.25, 0.3) is 0 Å². The minimum atomic E-state index is 0.350. The minimum Gasteiger partial charge on any atom is -0.379 e. The SMILES string of the molecule is CNc1cc(NC(C)CN2CCOCC2)ncn1. The first-order valence-corrected chi connectivity index (χ1v) is 6.34. The summed E-state index contributed by atoms with van der Waals surface area (Å²) in [5.74, 6) is 1.68. The fraction of sp³-hybridized carbons (Fsp3) is 0.667. The van der Waals surface area contributed by atoms with Crippen molar-refractivity contribution in [2.45, 2.75) is 13.0 Å². The standard InChI is InChI=1S/C12H21N5O/c1-10(8-17-3-5-18-6-4-17)16-12-7-11(13-2)14-9-15-12/h7,9-10H,3-6,8H2,1-2H3,(H2,13,14,15,16). The van der Waals surface area contributed by atoms with E-state index in [2.05, 4.69) is 32.4 Å². The van der Waals surface area contributed by atoms with E-state index in [4.69, 9.17) is 4.74 Å². The maximum Gasteiger partial charge on any atom is 0.131 e. The molecule has 1 aliphatic heterocycles. The van der Waals surface area contributed by atoms with E-state index < -0.39 is 0 Å². The highest BCUT2D eigenvalue weighted by atomic mass is 16.5. The lowest BCUT2D eigenvalue weighted by Crippen LogP contribution is -2.42. The predicted molar refractivity (Wildman–Crippen MR) is 71.9 cm³/mol. The third-order valence-corrected chi connectivity index (χ3v) is 2.95. The molecule has 0 radical (unpaired) electrons. The molecule has 0 aromatic carbocycles. The van der Waals surface area contributed by atoms with Crippen molar-refractivity contribution in [1.29, 1.82) is 0 Å². The molecule has 6 nitrogen and oxygen atoms in total. The molecule has 6 heteroatoms. The number of hydrogen-bond acceptors (Lipinski definition) is 6. The number of anilines is 2. The number of rotatable bonds is 5. The molecule has 1 aliphatic rings. The molecule has 2 rings (SSSR count). The third kappa shape index (κ3) is 3.82.